The highest BCUT2D eigenvalue weighted by Gasteiger charge is 2.46. The Labute approximate surface area is 259 Å². The minimum Gasteiger partial charge on any atom is -0.598 e. The summed E-state index contributed by atoms with van der Waals surface area (Å²) >= 11 is -1.89. The van der Waals surface area contributed by atoms with Crippen LogP contribution in [0, 0.1) is 11.6 Å². The summed E-state index contributed by atoms with van der Waals surface area (Å²) < 4.78 is 105. The van der Waals surface area contributed by atoms with E-state index < -0.39 is 64.9 Å². The van der Waals surface area contributed by atoms with Crippen LogP contribution in [0.15, 0.2) is 66.7 Å². The Hall–Kier alpha value is -2.51. The van der Waals surface area contributed by atoms with Gasteiger partial charge in [-0.3, -0.25) is 0 Å². The number of benzene rings is 3. The zero-order valence-electron chi connectivity index (χ0n) is 25.8. The third-order valence-corrected chi connectivity index (χ3v) is 13.0. The first-order chi connectivity index (χ1) is 20.1. The Morgan fingerprint density at radius 3 is 2.02 bits per heavy atom. The number of ether oxygens (including phenoxy) is 1. The first-order valence-corrected chi connectivity index (χ1v) is 18.1. The summed E-state index contributed by atoms with van der Waals surface area (Å²) in [6.07, 6.45) is -8.96. The van der Waals surface area contributed by atoms with Crippen LogP contribution in [0.3, 0.4) is 0 Å². The molecule has 242 valence electrons. The maximum absolute atomic E-state index is 15.9. The molecule has 2 N–H and O–H groups in total. The van der Waals surface area contributed by atoms with E-state index in [1.807, 2.05) is 13.8 Å². The van der Waals surface area contributed by atoms with Gasteiger partial charge in [-0.15, -0.1) is 4.72 Å². The quantitative estimate of drug-likeness (QED) is 0.117. The van der Waals surface area contributed by atoms with Gasteiger partial charge in [0.15, 0.2) is 8.32 Å². The van der Waals surface area contributed by atoms with Crippen LogP contribution in [0.1, 0.15) is 56.9 Å². The molecule has 0 radical (unpaired) electrons. The highest BCUT2D eigenvalue weighted by atomic mass is 32.2. The third-order valence-electron chi connectivity index (χ3n) is 7.84. The van der Waals surface area contributed by atoms with Gasteiger partial charge in [-0.2, -0.15) is 17.6 Å². The van der Waals surface area contributed by atoms with E-state index in [0.29, 0.717) is 17.2 Å². The Morgan fingerprint density at radius 2 is 1.50 bits per heavy atom. The number of hydrogen-bond donors (Lipinski definition) is 2. The molecule has 44 heavy (non-hydrogen) atoms. The van der Waals surface area contributed by atoms with Crippen LogP contribution >= 0.6 is 0 Å². The van der Waals surface area contributed by atoms with Crippen molar-refractivity contribution in [3.8, 4) is 5.75 Å². The van der Waals surface area contributed by atoms with Gasteiger partial charge in [-0.05, 0) is 85.8 Å². The van der Waals surface area contributed by atoms with Gasteiger partial charge in [0.2, 0.25) is 0 Å². The molecule has 3 aromatic carbocycles. The molecule has 0 saturated carbocycles. The van der Waals surface area contributed by atoms with E-state index in [4.69, 9.17) is 0 Å². The van der Waals surface area contributed by atoms with E-state index in [-0.39, 0.29) is 24.0 Å². The van der Waals surface area contributed by atoms with Crippen molar-refractivity contribution in [2.24, 2.45) is 0 Å². The van der Waals surface area contributed by atoms with Gasteiger partial charge >= 0.3 is 12.5 Å². The van der Waals surface area contributed by atoms with Crippen molar-refractivity contribution >= 4 is 19.7 Å². The fraction of sp³-hybridized carbons (Fsp3) is 0.438. The minimum atomic E-state index is -4.92. The van der Waals surface area contributed by atoms with E-state index in [1.165, 1.54) is 12.1 Å². The lowest BCUT2D eigenvalue weighted by Crippen LogP contribution is -2.53. The molecule has 4 nitrogen and oxygen atoms in total. The van der Waals surface area contributed by atoms with Crippen molar-refractivity contribution in [1.29, 1.82) is 0 Å². The predicted molar refractivity (Wildman–Crippen MR) is 164 cm³/mol. The van der Waals surface area contributed by atoms with Crippen LogP contribution in [0.4, 0.5) is 26.3 Å². The zero-order chi connectivity index (χ0) is 33.3. The molecular formula is C32H39F6NO3SSi. The van der Waals surface area contributed by atoms with Crippen LogP contribution in [0.2, 0.25) is 18.1 Å². The predicted octanol–water partition coefficient (Wildman–Crippen LogP) is 8.26. The molecule has 2 atom stereocenters. The van der Waals surface area contributed by atoms with Gasteiger partial charge in [0.1, 0.15) is 27.7 Å². The molecule has 0 saturated heterocycles. The van der Waals surface area contributed by atoms with Gasteiger partial charge < -0.3 is 14.1 Å². The molecule has 0 spiro atoms. The standard InChI is InChI=1S/C32H39F6NO3SSi/c1-29(2,3)43(40)39-31(19-21-11-9-8-10-12-21,24-15-25(33)18-26(16-24)42-32(37,38)28(35)36)23-14-13-22(27(34)17-23)20-30(4,5)44(6,7)41/h8-18,28,39,41H,19-20H2,1-7H3/t31-,43?/m1/s1. The van der Waals surface area contributed by atoms with Gasteiger partial charge in [-0.1, -0.05) is 56.3 Å². The van der Waals surface area contributed by atoms with E-state index in [9.17, 15) is 26.9 Å². The molecule has 0 aliphatic carbocycles. The van der Waals surface area contributed by atoms with Gasteiger partial charge in [0.25, 0.3) is 0 Å². The SMILES string of the molecule is CC(C)(C)[S+]([O-])N[C@@](Cc1ccccc1)(c1cc(F)cc(OC(F)(F)C(F)F)c1)c1ccc(CC(C)(C)[Si](C)(C)O)c(F)c1. The van der Waals surface area contributed by atoms with Crippen molar-refractivity contribution in [3.63, 3.8) is 0 Å². The highest BCUT2D eigenvalue weighted by molar-refractivity contribution is 7.90. The average Bonchev–Trinajstić information content (AvgIpc) is 2.88. The molecule has 0 aromatic heterocycles. The maximum atomic E-state index is 15.9. The monoisotopic (exact) mass is 659 g/mol. The molecular weight excluding hydrogens is 620 g/mol. The second-order valence-electron chi connectivity index (χ2n) is 13.1. The molecule has 0 heterocycles. The second-order valence-corrected chi connectivity index (χ2v) is 19.6. The van der Waals surface area contributed by atoms with Crippen molar-refractivity contribution in [3.05, 3.63) is 101 Å². The molecule has 0 bridgehead atoms. The molecule has 3 aromatic rings. The molecule has 0 aliphatic heterocycles. The highest BCUT2D eigenvalue weighted by Crippen LogP contribution is 2.42. The van der Waals surface area contributed by atoms with E-state index in [2.05, 4.69) is 9.46 Å². The Bertz CT molecular complexity index is 1430. The van der Waals surface area contributed by atoms with E-state index in [1.54, 1.807) is 70.3 Å². The van der Waals surface area contributed by atoms with Gasteiger partial charge in [-0.25, -0.2) is 8.78 Å². The lowest BCUT2D eigenvalue weighted by atomic mass is 9.78. The second kappa shape index (κ2) is 13.1. The topological polar surface area (TPSA) is 64.5 Å². The normalized spacial score (nSPS) is 15.3. The van der Waals surface area contributed by atoms with E-state index >= 15 is 8.78 Å². The Kier molecular flexibility index (Phi) is 10.7. The largest absolute Gasteiger partial charge is 0.598 e. The summed E-state index contributed by atoms with van der Waals surface area (Å²) in [4.78, 5) is 10.8. The smallest absolute Gasteiger partial charge is 0.461 e. The number of rotatable bonds is 12. The minimum absolute atomic E-state index is 0.0648. The number of alkyl halides is 4. The number of halogens is 6. The van der Waals surface area contributed by atoms with Crippen LogP contribution in [-0.2, 0) is 29.7 Å². The van der Waals surface area contributed by atoms with Gasteiger partial charge in [0, 0.05) is 23.8 Å². The average molecular weight is 660 g/mol. The van der Waals surface area contributed by atoms with Crippen LogP contribution in [-0.4, -0.2) is 34.9 Å². The van der Waals surface area contributed by atoms with Crippen LogP contribution in [0.25, 0.3) is 0 Å². The van der Waals surface area contributed by atoms with Gasteiger partial charge in [0.05, 0.1) is 0 Å². The first-order valence-electron chi connectivity index (χ1n) is 14.0. The van der Waals surface area contributed by atoms with Crippen molar-refractivity contribution < 1.29 is 40.4 Å². The molecule has 0 amide bonds. The fourth-order valence-electron chi connectivity index (χ4n) is 4.46. The Morgan fingerprint density at radius 1 is 0.886 bits per heavy atom. The fourth-order valence-corrected chi connectivity index (χ4v) is 6.01. The summed E-state index contributed by atoms with van der Waals surface area (Å²) in [7, 11) is -2.72. The third kappa shape index (κ3) is 8.39. The molecule has 0 fully saturated rings. The first kappa shape index (κ1) is 36.0. The van der Waals surface area contributed by atoms with Crippen LogP contribution < -0.4 is 9.46 Å². The summed E-state index contributed by atoms with van der Waals surface area (Å²) in [5.41, 5.74) is -0.710. The van der Waals surface area contributed by atoms with Crippen molar-refractivity contribution in [2.45, 2.75) is 88.4 Å². The Balaban J connectivity index is 2.32. The molecule has 0 aliphatic rings. The number of nitrogens with one attached hydrogen (secondary N) is 1. The summed E-state index contributed by atoms with van der Waals surface area (Å²) in [5.74, 6) is -2.62. The maximum Gasteiger partial charge on any atom is 0.461 e. The van der Waals surface area contributed by atoms with Crippen molar-refractivity contribution in [1.82, 2.24) is 4.72 Å². The summed E-state index contributed by atoms with van der Waals surface area (Å²) in [6, 6.07) is 15.5. The van der Waals surface area contributed by atoms with Crippen LogP contribution in [0.5, 0.6) is 5.75 Å². The zero-order valence-corrected chi connectivity index (χ0v) is 27.6. The molecule has 12 heteroatoms. The number of hydrogen-bond acceptors (Lipinski definition) is 4. The lowest BCUT2D eigenvalue weighted by Gasteiger charge is -2.39. The van der Waals surface area contributed by atoms with E-state index in [0.717, 1.165) is 12.1 Å². The summed E-state index contributed by atoms with van der Waals surface area (Å²) in [6.45, 7) is 12.3. The lowest BCUT2D eigenvalue weighted by molar-refractivity contribution is -0.253. The molecule has 1 unspecified atom stereocenters. The molecule has 3 rings (SSSR count). The van der Waals surface area contributed by atoms with Crippen molar-refractivity contribution in [2.75, 3.05) is 0 Å². The summed E-state index contributed by atoms with van der Waals surface area (Å²) in [5, 5.41) is -0.604.